The van der Waals surface area contributed by atoms with Gasteiger partial charge >= 0.3 is 5.97 Å². The largest absolute Gasteiger partial charge is 0.465 e. The zero-order valence-corrected chi connectivity index (χ0v) is 12.5. The van der Waals surface area contributed by atoms with Crippen molar-refractivity contribution in [2.75, 3.05) is 19.7 Å². The molecule has 0 aliphatic rings. The minimum atomic E-state index is -0.267. The van der Waals surface area contributed by atoms with Gasteiger partial charge in [-0.2, -0.15) is 4.98 Å². The molecule has 0 spiro atoms. The lowest BCUT2D eigenvalue weighted by Crippen LogP contribution is -2.31. The summed E-state index contributed by atoms with van der Waals surface area (Å²) < 4.78 is 10.1. The molecule has 0 fully saturated rings. The monoisotopic (exact) mass is 281 g/mol. The lowest BCUT2D eigenvalue weighted by atomic mass is 10.1. The molecule has 0 aliphatic heterocycles. The second kappa shape index (κ2) is 8.47. The van der Waals surface area contributed by atoms with Crippen LogP contribution in [0.1, 0.15) is 32.5 Å². The Balaban J connectivity index is 2.58. The topological polar surface area (TPSA) is 68.5 Å². The zero-order valence-electron chi connectivity index (χ0n) is 12.5. The molecule has 0 atom stereocenters. The number of esters is 1. The second-order valence-electron chi connectivity index (χ2n) is 4.97. The number of carbonyl (C=O) groups excluding carboxylic acids is 1. The molecule has 1 rings (SSSR count). The lowest BCUT2D eigenvalue weighted by Gasteiger charge is -2.16. The standard InChI is InChI=1S/C14H23N3O3/c1-5-7-17(10-14(18)19-6-2)9-13-15-12(16-20-13)8-11(3)4/h5,11H,1,6-10H2,2-4H3. The highest BCUT2D eigenvalue weighted by molar-refractivity contribution is 5.71. The van der Waals surface area contributed by atoms with Crippen molar-refractivity contribution in [2.45, 2.75) is 33.7 Å². The van der Waals surface area contributed by atoms with Crippen LogP contribution in [0.2, 0.25) is 0 Å². The van der Waals surface area contributed by atoms with Crippen LogP contribution in [0.3, 0.4) is 0 Å². The van der Waals surface area contributed by atoms with Crippen molar-refractivity contribution in [1.82, 2.24) is 15.0 Å². The van der Waals surface area contributed by atoms with Crippen LogP contribution in [0.25, 0.3) is 0 Å². The van der Waals surface area contributed by atoms with Gasteiger partial charge in [-0.15, -0.1) is 6.58 Å². The molecule has 0 N–H and O–H groups in total. The molecule has 20 heavy (non-hydrogen) atoms. The molecule has 1 heterocycles. The third-order valence-electron chi connectivity index (χ3n) is 2.51. The van der Waals surface area contributed by atoms with Gasteiger partial charge in [0.25, 0.3) is 0 Å². The van der Waals surface area contributed by atoms with Crippen LogP contribution in [-0.4, -0.2) is 40.7 Å². The summed E-state index contributed by atoms with van der Waals surface area (Å²) in [6, 6.07) is 0. The van der Waals surface area contributed by atoms with Crippen LogP contribution < -0.4 is 0 Å². The Morgan fingerprint density at radius 1 is 1.55 bits per heavy atom. The van der Waals surface area contributed by atoms with E-state index >= 15 is 0 Å². The summed E-state index contributed by atoms with van der Waals surface area (Å²) in [7, 11) is 0. The molecule has 0 unspecified atom stereocenters. The van der Waals surface area contributed by atoms with Gasteiger partial charge in [-0.05, 0) is 12.8 Å². The van der Waals surface area contributed by atoms with Gasteiger partial charge in [0.2, 0.25) is 5.89 Å². The Morgan fingerprint density at radius 2 is 2.30 bits per heavy atom. The predicted molar refractivity (Wildman–Crippen MR) is 74.9 cm³/mol. The highest BCUT2D eigenvalue weighted by atomic mass is 16.5. The molecule has 112 valence electrons. The van der Waals surface area contributed by atoms with Crippen LogP contribution >= 0.6 is 0 Å². The third-order valence-corrected chi connectivity index (χ3v) is 2.51. The Hall–Kier alpha value is -1.69. The summed E-state index contributed by atoms with van der Waals surface area (Å²) in [4.78, 5) is 17.7. The molecule has 1 aromatic heterocycles. The van der Waals surface area contributed by atoms with Crippen LogP contribution in [0, 0.1) is 5.92 Å². The van der Waals surface area contributed by atoms with Crippen LogP contribution in [-0.2, 0) is 22.5 Å². The fraction of sp³-hybridized carbons (Fsp3) is 0.643. The number of hydrogen-bond acceptors (Lipinski definition) is 6. The molecular formula is C14H23N3O3. The first-order valence-corrected chi connectivity index (χ1v) is 6.85. The van der Waals surface area contributed by atoms with Gasteiger partial charge in [-0.25, -0.2) is 0 Å². The molecule has 0 aliphatic carbocycles. The quantitative estimate of drug-likeness (QED) is 0.508. The first-order valence-electron chi connectivity index (χ1n) is 6.85. The van der Waals surface area contributed by atoms with Gasteiger partial charge in [-0.3, -0.25) is 9.69 Å². The van der Waals surface area contributed by atoms with Crippen LogP contribution in [0.15, 0.2) is 17.2 Å². The molecule has 0 saturated carbocycles. The predicted octanol–water partition coefficient (Wildman–Crippen LogP) is 1.82. The average molecular weight is 281 g/mol. The van der Waals surface area contributed by atoms with Crippen molar-refractivity contribution in [3.8, 4) is 0 Å². The highest BCUT2D eigenvalue weighted by Gasteiger charge is 2.15. The maximum Gasteiger partial charge on any atom is 0.320 e. The van der Waals surface area contributed by atoms with Crippen molar-refractivity contribution >= 4 is 5.97 Å². The van der Waals surface area contributed by atoms with Gasteiger partial charge in [0.1, 0.15) is 0 Å². The second-order valence-corrected chi connectivity index (χ2v) is 4.97. The molecule has 0 bridgehead atoms. The van der Waals surface area contributed by atoms with Crippen molar-refractivity contribution in [3.63, 3.8) is 0 Å². The number of carbonyl (C=O) groups is 1. The van der Waals surface area contributed by atoms with Crippen molar-refractivity contribution in [2.24, 2.45) is 5.92 Å². The fourth-order valence-electron chi connectivity index (χ4n) is 1.75. The van der Waals surface area contributed by atoms with Crippen LogP contribution in [0.4, 0.5) is 0 Å². The number of nitrogens with zero attached hydrogens (tertiary/aromatic N) is 3. The zero-order chi connectivity index (χ0) is 15.0. The Morgan fingerprint density at radius 3 is 2.90 bits per heavy atom. The van der Waals surface area contributed by atoms with E-state index in [-0.39, 0.29) is 12.5 Å². The summed E-state index contributed by atoms with van der Waals surface area (Å²) in [5, 5.41) is 3.93. The Labute approximate surface area is 119 Å². The Bertz CT molecular complexity index is 429. The van der Waals surface area contributed by atoms with Crippen molar-refractivity contribution in [1.29, 1.82) is 0 Å². The molecule has 6 nitrogen and oxygen atoms in total. The molecule has 6 heteroatoms. The van der Waals surface area contributed by atoms with Gasteiger partial charge in [-0.1, -0.05) is 25.1 Å². The lowest BCUT2D eigenvalue weighted by molar-refractivity contribution is -0.144. The van der Waals surface area contributed by atoms with E-state index in [1.165, 1.54) is 0 Å². The van der Waals surface area contributed by atoms with Gasteiger partial charge in [0.05, 0.1) is 19.7 Å². The summed E-state index contributed by atoms with van der Waals surface area (Å²) in [5.41, 5.74) is 0. The molecule has 0 radical (unpaired) electrons. The maximum absolute atomic E-state index is 11.5. The number of ether oxygens (including phenoxy) is 1. The molecule has 0 aromatic carbocycles. The summed E-state index contributed by atoms with van der Waals surface area (Å²) >= 11 is 0. The van der Waals surface area contributed by atoms with E-state index in [9.17, 15) is 4.79 Å². The van der Waals surface area contributed by atoms with E-state index in [0.717, 1.165) is 6.42 Å². The van der Waals surface area contributed by atoms with Gasteiger partial charge in [0.15, 0.2) is 5.82 Å². The summed E-state index contributed by atoms with van der Waals surface area (Å²) in [5.74, 6) is 1.41. The van der Waals surface area contributed by atoms with Gasteiger partial charge < -0.3 is 9.26 Å². The third kappa shape index (κ3) is 5.97. The fourth-order valence-corrected chi connectivity index (χ4v) is 1.75. The van der Waals surface area contributed by atoms with E-state index in [1.54, 1.807) is 13.0 Å². The van der Waals surface area contributed by atoms with E-state index in [0.29, 0.717) is 37.3 Å². The number of rotatable bonds is 9. The number of hydrogen-bond donors (Lipinski definition) is 0. The van der Waals surface area contributed by atoms with Crippen molar-refractivity contribution < 1.29 is 14.1 Å². The van der Waals surface area contributed by atoms with E-state index in [1.807, 2.05) is 4.90 Å². The minimum absolute atomic E-state index is 0.182. The molecular weight excluding hydrogens is 258 g/mol. The maximum atomic E-state index is 11.5. The molecule has 0 saturated heterocycles. The van der Waals surface area contributed by atoms with E-state index < -0.39 is 0 Å². The average Bonchev–Trinajstić information content (AvgIpc) is 2.76. The van der Waals surface area contributed by atoms with E-state index in [4.69, 9.17) is 9.26 Å². The highest BCUT2D eigenvalue weighted by Crippen LogP contribution is 2.07. The first-order chi connectivity index (χ1) is 9.55. The Kier molecular flexibility index (Phi) is 6.93. The minimum Gasteiger partial charge on any atom is -0.465 e. The summed E-state index contributed by atoms with van der Waals surface area (Å²) in [6.45, 7) is 11.2. The normalized spacial score (nSPS) is 11.1. The molecule has 1 aromatic rings. The number of aromatic nitrogens is 2. The van der Waals surface area contributed by atoms with E-state index in [2.05, 4.69) is 30.6 Å². The van der Waals surface area contributed by atoms with Crippen molar-refractivity contribution in [3.05, 3.63) is 24.4 Å². The smallest absolute Gasteiger partial charge is 0.320 e. The summed E-state index contributed by atoms with van der Waals surface area (Å²) in [6.07, 6.45) is 2.51. The molecule has 0 amide bonds. The van der Waals surface area contributed by atoms with Gasteiger partial charge in [0, 0.05) is 13.0 Å². The van der Waals surface area contributed by atoms with Crippen LogP contribution in [0.5, 0.6) is 0 Å². The SMILES string of the molecule is C=CCN(CC(=O)OCC)Cc1nc(CC(C)C)no1. The first kappa shape index (κ1) is 16.4.